The first kappa shape index (κ1) is 21.1. The molecule has 31 heavy (non-hydrogen) atoms. The van der Waals surface area contributed by atoms with E-state index >= 15 is 0 Å². The standard InChI is InChI=1S/C26H29N3O2/c1-28-12-13-29(18-21-7-5-11-27-17-21)19-24(26(28)30)15-20-6-3-8-22(14-20)23-9-4-10-25(16-23)31-2/h3-11,14,16-17,24H,12-13,15,18-19H2,1-2H3. The van der Waals surface area contributed by atoms with Crippen molar-refractivity contribution in [1.82, 2.24) is 14.8 Å². The summed E-state index contributed by atoms with van der Waals surface area (Å²) in [6.07, 6.45) is 4.43. The van der Waals surface area contributed by atoms with Crippen LogP contribution in [0.5, 0.6) is 5.75 Å². The third-order valence-electron chi connectivity index (χ3n) is 5.90. The largest absolute Gasteiger partial charge is 0.497 e. The lowest BCUT2D eigenvalue weighted by Crippen LogP contribution is -2.34. The van der Waals surface area contributed by atoms with Gasteiger partial charge in [0.15, 0.2) is 0 Å². The zero-order chi connectivity index (χ0) is 21.6. The topological polar surface area (TPSA) is 45.7 Å². The highest BCUT2D eigenvalue weighted by atomic mass is 16.5. The number of benzene rings is 2. The zero-order valence-corrected chi connectivity index (χ0v) is 18.2. The Kier molecular flexibility index (Phi) is 6.63. The molecule has 4 rings (SSSR count). The molecule has 2 heterocycles. The lowest BCUT2D eigenvalue weighted by Gasteiger charge is -2.23. The van der Waals surface area contributed by atoms with Crippen LogP contribution in [0.2, 0.25) is 0 Å². The fraction of sp³-hybridized carbons (Fsp3) is 0.308. The molecule has 1 aromatic heterocycles. The molecule has 5 heteroatoms. The molecule has 1 amide bonds. The van der Waals surface area contributed by atoms with Crippen LogP contribution in [0.4, 0.5) is 0 Å². The second-order valence-electron chi connectivity index (χ2n) is 8.19. The number of likely N-dealkylation sites (N-methyl/N-ethyl adjacent to an activating group) is 1. The molecule has 1 saturated heterocycles. The summed E-state index contributed by atoms with van der Waals surface area (Å²) in [5, 5.41) is 0. The Morgan fingerprint density at radius 2 is 1.77 bits per heavy atom. The van der Waals surface area contributed by atoms with Crippen LogP contribution in [-0.2, 0) is 17.8 Å². The average molecular weight is 416 g/mol. The number of hydrogen-bond donors (Lipinski definition) is 0. The van der Waals surface area contributed by atoms with Crippen LogP contribution in [-0.4, -0.2) is 54.5 Å². The number of nitrogens with zero attached hydrogens (tertiary/aromatic N) is 3. The highest BCUT2D eigenvalue weighted by Gasteiger charge is 2.28. The van der Waals surface area contributed by atoms with Gasteiger partial charge in [-0.1, -0.05) is 42.5 Å². The molecule has 0 aliphatic carbocycles. The van der Waals surface area contributed by atoms with Gasteiger partial charge in [0.05, 0.1) is 13.0 Å². The smallest absolute Gasteiger partial charge is 0.227 e. The van der Waals surface area contributed by atoms with Crippen molar-refractivity contribution in [3.8, 4) is 16.9 Å². The van der Waals surface area contributed by atoms with Gasteiger partial charge in [0.25, 0.3) is 0 Å². The van der Waals surface area contributed by atoms with E-state index in [2.05, 4.69) is 46.3 Å². The van der Waals surface area contributed by atoms with Gasteiger partial charge >= 0.3 is 0 Å². The molecule has 5 nitrogen and oxygen atoms in total. The number of aromatic nitrogens is 1. The van der Waals surface area contributed by atoms with Gasteiger partial charge in [0.2, 0.25) is 5.91 Å². The van der Waals surface area contributed by atoms with Crippen LogP contribution in [0.25, 0.3) is 11.1 Å². The highest BCUT2D eigenvalue weighted by Crippen LogP contribution is 2.26. The van der Waals surface area contributed by atoms with Crippen molar-refractivity contribution < 1.29 is 9.53 Å². The number of carbonyl (C=O) groups is 1. The lowest BCUT2D eigenvalue weighted by atomic mass is 9.94. The van der Waals surface area contributed by atoms with Crippen molar-refractivity contribution in [1.29, 1.82) is 0 Å². The summed E-state index contributed by atoms with van der Waals surface area (Å²) in [6, 6.07) is 20.6. The minimum Gasteiger partial charge on any atom is -0.497 e. The monoisotopic (exact) mass is 415 g/mol. The van der Waals surface area contributed by atoms with Crippen molar-refractivity contribution in [3.63, 3.8) is 0 Å². The Morgan fingerprint density at radius 1 is 1.00 bits per heavy atom. The fourth-order valence-electron chi connectivity index (χ4n) is 4.20. The van der Waals surface area contributed by atoms with E-state index in [1.54, 1.807) is 13.3 Å². The van der Waals surface area contributed by atoms with Crippen molar-refractivity contribution >= 4 is 5.91 Å². The summed E-state index contributed by atoms with van der Waals surface area (Å²) >= 11 is 0. The fourth-order valence-corrected chi connectivity index (χ4v) is 4.20. The first-order valence-corrected chi connectivity index (χ1v) is 10.7. The van der Waals surface area contributed by atoms with E-state index in [1.807, 2.05) is 42.4 Å². The molecule has 1 fully saturated rings. The van der Waals surface area contributed by atoms with Crippen molar-refractivity contribution in [3.05, 3.63) is 84.2 Å². The van der Waals surface area contributed by atoms with Crippen molar-refractivity contribution in [2.75, 3.05) is 33.8 Å². The van der Waals surface area contributed by atoms with Crippen LogP contribution < -0.4 is 4.74 Å². The Morgan fingerprint density at radius 3 is 2.55 bits per heavy atom. The van der Waals surface area contributed by atoms with Gasteiger partial charge in [-0.3, -0.25) is 14.7 Å². The Bertz CT molecular complexity index is 1020. The maximum Gasteiger partial charge on any atom is 0.227 e. The SMILES string of the molecule is COc1cccc(-c2cccc(CC3CN(Cc4cccnc4)CCN(C)C3=O)c2)c1. The maximum absolute atomic E-state index is 13.1. The molecule has 3 aromatic rings. The van der Waals surface area contributed by atoms with Crippen LogP contribution in [0.1, 0.15) is 11.1 Å². The number of ether oxygens (including phenoxy) is 1. The Balaban J connectivity index is 1.52. The molecule has 0 spiro atoms. The second-order valence-corrected chi connectivity index (χ2v) is 8.19. The second kappa shape index (κ2) is 9.75. The van der Waals surface area contributed by atoms with Crippen LogP contribution in [0.3, 0.4) is 0 Å². The highest BCUT2D eigenvalue weighted by molar-refractivity contribution is 5.79. The van der Waals surface area contributed by atoms with Gasteiger partial charge in [0, 0.05) is 45.6 Å². The molecule has 160 valence electrons. The molecule has 0 saturated carbocycles. The summed E-state index contributed by atoms with van der Waals surface area (Å²) in [7, 11) is 3.59. The van der Waals surface area contributed by atoms with Crippen molar-refractivity contribution in [2.45, 2.75) is 13.0 Å². The molecular formula is C26H29N3O2. The Labute approximate surface area is 184 Å². The predicted octanol–water partition coefficient (Wildman–Crippen LogP) is 3.89. The molecule has 1 atom stereocenters. The summed E-state index contributed by atoms with van der Waals surface area (Å²) in [4.78, 5) is 21.5. The molecule has 1 unspecified atom stereocenters. The molecule has 0 bridgehead atoms. The summed E-state index contributed by atoms with van der Waals surface area (Å²) in [5.74, 6) is 1.000. The molecule has 1 aliphatic heterocycles. The third-order valence-corrected chi connectivity index (χ3v) is 5.90. The summed E-state index contributed by atoms with van der Waals surface area (Å²) < 4.78 is 5.37. The number of methoxy groups -OCH3 is 1. The van der Waals surface area contributed by atoms with Crippen LogP contribution in [0.15, 0.2) is 73.1 Å². The maximum atomic E-state index is 13.1. The number of hydrogen-bond acceptors (Lipinski definition) is 4. The first-order valence-electron chi connectivity index (χ1n) is 10.7. The van der Waals surface area contributed by atoms with E-state index in [1.165, 1.54) is 11.1 Å². The molecular weight excluding hydrogens is 386 g/mol. The summed E-state index contributed by atoms with van der Waals surface area (Å²) in [5.41, 5.74) is 4.61. The third kappa shape index (κ3) is 5.30. The van der Waals surface area contributed by atoms with E-state index in [0.717, 1.165) is 49.5 Å². The van der Waals surface area contributed by atoms with Gasteiger partial charge in [-0.2, -0.15) is 0 Å². The molecule has 2 aromatic carbocycles. The summed E-state index contributed by atoms with van der Waals surface area (Å²) in [6.45, 7) is 3.19. The first-order chi connectivity index (χ1) is 15.1. The van der Waals surface area contributed by atoms with Crippen molar-refractivity contribution in [2.24, 2.45) is 5.92 Å². The average Bonchev–Trinajstić information content (AvgIpc) is 2.94. The van der Waals surface area contributed by atoms with Crippen LogP contribution in [0, 0.1) is 5.92 Å². The normalized spacial score (nSPS) is 17.4. The van der Waals surface area contributed by atoms with E-state index < -0.39 is 0 Å². The van der Waals surface area contributed by atoms with Gasteiger partial charge in [-0.05, 0) is 46.9 Å². The molecule has 0 N–H and O–H groups in total. The minimum atomic E-state index is -0.0651. The van der Waals surface area contributed by atoms with E-state index in [0.29, 0.717) is 0 Å². The minimum absolute atomic E-state index is 0.0651. The molecule has 1 aliphatic rings. The van der Waals surface area contributed by atoms with E-state index in [9.17, 15) is 4.79 Å². The van der Waals surface area contributed by atoms with Gasteiger partial charge in [-0.25, -0.2) is 0 Å². The van der Waals surface area contributed by atoms with Crippen LogP contribution >= 0.6 is 0 Å². The van der Waals surface area contributed by atoms with Gasteiger partial charge in [-0.15, -0.1) is 0 Å². The number of carbonyl (C=O) groups excluding carboxylic acids is 1. The van der Waals surface area contributed by atoms with Gasteiger partial charge in [0.1, 0.15) is 5.75 Å². The zero-order valence-electron chi connectivity index (χ0n) is 18.2. The Hall–Kier alpha value is -3.18. The number of rotatable bonds is 6. The van der Waals surface area contributed by atoms with E-state index in [4.69, 9.17) is 4.74 Å². The number of pyridine rings is 1. The van der Waals surface area contributed by atoms with E-state index in [-0.39, 0.29) is 11.8 Å². The lowest BCUT2D eigenvalue weighted by molar-refractivity contribution is -0.133. The van der Waals surface area contributed by atoms with Gasteiger partial charge < -0.3 is 9.64 Å². The predicted molar refractivity (Wildman–Crippen MR) is 123 cm³/mol. The quantitative estimate of drug-likeness (QED) is 0.613. The molecule has 0 radical (unpaired) electrons. The number of amides is 1.